The first-order chi connectivity index (χ1) is 5.43. The van der Waals surface area contributed by atoms with E-state index in [1.807, 2.05) is 36.4 Å². The van der Waals surface area contributed by atoms with Gasteiger partial charge in [-0.15, -0.1) is 5.73 Å². The van der Waals surface area contributed by atoms with E-state index in [9.17, 15) is 0 Å². The predicted molar refractivity (Wildman–Crippen MR) is 48.0 cm³/mol. The zero-order valence-electron chi connectivity index (χ0n) is 6.33. The smallest absolute Gasteiger partial charge is 0.0182 e. The van der Waals surface area contributed by atoms with Crippen LogP contribution in [-0.4, -0.2) is 6.54 Å². The number of benzene rings is 1. The molecule has 0 atom stereocenters. The zero-order chi connectivity index (χ0) is 7.94. The average Bonchev–Trinajstić information content (AvgIpc) is 2.07. The molecule has 1 nitrogen and oxygen atoms in total. The Bertz CT molecular complexity index is 255. The standard InChI is InChI=1S/C10H11N/c11-9-5-4-8-10-6-2-1-3-7-10/h1-3,5-8H,9,11H2. The largest absolute Gasteiger partial charge is 0.326 e. The van der Waals surface area contributed by atoms with Crippen molar-refractivity contribution in [2.24, 2.45) is 5.73 Å². The normalized spacial score (nSPS) is 8.45. The molecule has 0 aliphatic rings. The van der Waals surface area contributed by atoms with Crippen molar-refractivity contribution in [1.29, 1.82) is 0 Å². The maximum atomic E-state index is 5.25. The molecule has 1 rings (SSSR count). The molecule has 0 saturated carbocycles. The molecule has 56 valence electrons. The highest BCUT2D eigenvalue weighted by atomic mass is 14.5. The summed E-state index contributed by atoms with van der Waals surface area (Å²) in [7, 11) is 0. The Morgan fingerprint density at radius 3 is 2.64 bits per heavy atom. The van der Waals surface area contributed by atoms with E-state index in [-0.39, 0.29) is 0 Å². The van der Waals surface area contributed by atoms with Crippen molar-refractivity contribution in [3.63, 3.8) is 0 Å². The predicted octanol–water partition coefficient (Wildman–Crippen LogP) is 1.81. The van der Waals surface area contributed by atoms with E-state index in [0.29, 0.717) is 6.54 Å². The van der Waals surface area contributed by atoms with Crippen LogP contribution in [0, 0.1) is 0 Å². The van der Waals surface area contributed by atoms with Gasteiger partial charge in [-0.3, -0.25) is 0 Å². The van der Waals surface area contributed by atoms with Gasteiger partial charge < -0.3 is 5.73 Å². The zero-order valence-corrected chi connectivity index (χ0v) is 6.33. The number of hydrogen-bond acceptors (Lipinski definition) is 1. The summed E-state index contributed by atoms with van der Waals surface area (Å²) in [5.74, 6) is 0. The number of hydrogen-bond donors (Lipinski definition) is 1. The van der Waals surface area contributed by atoms with Crippen molar-refractivity contribution in [2.45, 2.75) is 0 Å². The van der Waals surface area contributed by atoms with Gasteiger partial charge in [0.15, 0.2) is 0 Å². The van der Waals surface area contributed by atoms with Crippen LogP contribution in [0.15, 0.2) is 42.1 Å². The average molecular weight is 145 g/mol. The molecule has 1 aromatic rings. The minimum absolute atomic E-state index is 0.545. The minimum atomic E-state index is 0.545. The molecule has 0 aromatic heterocycles. The van der Waals surface area contributed by atoms with Crippen LogP contribution in [0.1, 0.15) is 5.56 Å². The first-order valence-corrected chi connectivity index (χ1v) is 3.59. The van der Waals surface area contributed by atoms with Gasteiger partial charge in [0.25, 0.3) is 0 Å². The van der Waals surface area contributed by atoms with Crippen LogP contribution in [-0.2, 0) is 0 Å². The topological polar surface area (TPSA) is 26.0 Å². The highest BCUT2D eigenvalue weighted by Gasteiger charge is 1.78. The Kier molecular flexibility index (Phi) is 3.20. The molecule has 0 aliphatic heterocycles. The first kappa shape index (κ1) is 7.80. The summed E-state index contributed by atoms with van der Waals surface area (Å²) in [6.45, 7) is 0.545. The third-order valence-corrected chi connectivity index (χ3v) is 1.29. The lowest BCUT2D eigenvalue weighted by Crippen LogP contribution is -1.90. The van der Waals surface area contributed by atoms with Crippen molar-refractivity contribution >= 4 is 6.08 Å². The molecule has 0 aliphatic carbocycles. The van der Waals surface area contributed by atoms with E-state index < -0.39 is 0 Å². The molecule has 2 N–H and O–H groups in total. The molecule has 0 amide bonds. The Morgan fingerprint density at radius 1 is 1.27 bits per heavy atom. The Morgan fingerprint density at radius 2 is 2.00 bits per heavy atom. The second-order valence-corrected chi connectivity index (χ2v) is 2.16. The number of rotatable bonds is 2. The van der Waals surface area contributed by atoms with E-state index >= 15 is 0 Å². The second kappa shape index (κ2) is 4.51. The van der Waals surface area contributed by atoms with Crippen LogP contribution in [0.25, 0.3) is 6.08 Å². The van der Waals surface area contributed by atoms with Gasteiger partial charge in [-0.05, 0) is 17.7 Å². The molecule has 0 bridgehead atoms. The van der Waals surface area contributed by atoms with E-state index in [1.165, 1.54) is 0 Å². The van der Waals surface area contributed by atoms with Crippen LogP contribution in [0.5, 0.6) is 0 Å². The lowest BCUT2D eigenvalue weighted by Gasteiger charge is -1.85. The van der Waals surface area contributed by atoms with Crippen LogP contribution in [0.3, 0.4) is 0 Å². The van der Waals surface area contributed by atoms with E-state index in [2.05, 4.69) is 5.73 Å². The van der Waals surface area contributed by atoms with Gasteiger partial charge in [0.2, 0.25) is 0 Å². The van der Waals surface area contributed by atoms with Gasteiger partial charge >= 0.3 is 0 Å². The summed E-state index contributed by atoms with van der Waals surface area (Å²) in [6, 6.07) is 10.0. The summed E-state index contributed by atoms with van der Waals surface area (Å²) < 4.78 is 0. The third kappa shape index (κ3) is 2.85. The van der Waals surface area contributed by atoms with Gasteiger partial charge in [-0.2, -0.15) is 0 Å². The highest BCUT2D eigenvalue weighted by molar-refractivity contribution is 5.47. The molecule has 0 heterocycles. The lowest BCUT2D eigenvalue weighted by molar-refractivity contribution is 1.26. The molecular weight excluding hydrogens is 134 g/mol. The van der Waals surface area contributed by atoms with Crippen molar-refractivity contribution in [3.8, 4) is 0 Å². The highest BCUT2D eigenvalue weighted by Crippen LogP contribution is 1.98. The van der Waals surface area contributed by atoms with Crippen LogP contribution in [0.4, 0.5) is 0 Å². The van der Waals surface area contributed by atoms with Crippen molar-refractivity contribution in [3.05, 3.63) is 47.7 Å². The molecule has 1 heteroatoms. The molecule has 1 aromatic carbocycles. The van der Waals surface area contributed by atoms with Crippen molar-refractivity contribution in [1.82, 2.24) is 0 Å². The molecular formula is C10H11N. The summed E-state index contributed by atoms with van der Waals surface area (Å²) >= 11 is 0. The molecule has 0 unspecified atom stereocenters. The maximum absolute atomic E-state index is 5.25. The molecule has 11 heavy (non-hydrogen) atoms. The lowest BCUT2D eigenvalue weighted by atomic mass is 10.2. The van der Waals surface area contributed by atoms with Gasteiger partial charge in [0.05, 0.1) is 0 Å². The maximum Gasteiger partial charge on any atom is 0.0182 e. The van der Waals surface area contributed by atoms with E-state index in [0.717, 1.165) is 5.56 Å². The quantitative estimate of drug-likeness (QED) is 0.631. The Balaban J connectivity index is 2.72. The summed E-state index contributed by atoms with van der Waals surface area (Å²) in [4.78, 5) is 0. The van der Waals surface area contributed by atoms with Gasteiger partial charge in [0.1, 0.15) is 0 Å². The fourth-order valence-corrected chi connectivity index (χ4v) is 0.772. The van der Waals surface area contributed by atoms with Crippen LogP contribution < -0.4 is 5.73 Å². The summed E-state index contributed by atoms with van der Waals surface area (Å²) in [5.41, 5.74) is 9.38. The Labute approximate surface area is 66.9 Å². The molecule has 0 spiro atoms. The Hall–Kier alpha value is -1.30. The SMILES string of the molecule is NCC=C=Cc1ccccc1. The molecule has 0 radical (unpaired) electrons. The van der Waals surface area contributed by atoms with Gasteiger partial charge in [0, 0.05) is 6.54 Å². The molecule has 0 fully saturated rings. The molecule has 0 saturated heterocycles. The van der Waals surface area contributed by atoms with Crippen molar-refractivity contribution in [2.75, 3.05) is 6.54 Å². The monoisotopic (exact) mass is 145 g/mol. The van der Waals surface area contributed by atoms with E-state index in [4.69, 9.17) is 5.73 Å². The van der Waals surface area contributed by atoms with Crippen LogP contribution >= 0.6 is 0 Å². The number of nitrogens with two attached hydrogens (primary N) is 1. The summed E-state index contributed by atoms with van der Waals surface area (Å²) in [5, 5.41) is 0. The first-order valence-electron chi connectivity index (χ1n) is 3.59. The van der Waals surface area contributed by atoms with Gasteiger partial charge in [-0.25, -0.2) is 0 Å². The van der Waals surface area contributed by atoms with Crippen molar-refractivity contribution < 1.29 is 0 Å². The minimum Gasteiger partial charge on any atom is -0.326 e. The van der Waals surface area contributed by atoms with Crippen LogP contribution in [0.2, 0.25) is 0 Å². The fraction of sp³-hybridized carbons (Fsp3) is 0.100. The second-order valence-electron chi connectivity index (χ2n) is 2.16. The fourth-order valence-electron chi connectivity index (χ4n) is 0.772. The van der Waals surface area contributed by atoms with Gasteiger partial charge in [-0.1, -0.05) is 30.3 Å². The third-order valence-electron chi connectivity index (χ3n) is 1.29. The van der Waals surface area contributed by atoms with E-state index in [1.54, 1.807) is 6.08 Å². The summed E-state index contributed by atoms with van der Waals surface area (Å²) in [6.07, 6.45) is 3.71.